The molecule has 3 N–H and O–H groups in total. The fraction of sp³-hybridized carbons (Fsp3) is 0.231. The number of primary amides is 1. The molecule has 8 heteroatoms. The first kappa shape index (κ1) is 15.2. The van der Waals surface area contributed by atoms with Gasteiger partial charge in [-0.05, 0) is 12.5 Å². The molecule has 21 heavy (non-hydrogen) atoms. The molecule has 1 atom stereocenters. The summed E-state index contributed by atoms with van der Waals surface area (Å²) in [6.45, 7) is 1.43. The predicted molar refractivity (Wildman–Crippen MR) is 76.5 cm³/mol. The lowest BCUT2D eigenvalue weighted by Crippen LogP contribution is -2.52. The van der Waals surface area contributed by atoms with Crippen LogP contribution in [0, 0.1) is 0 Å². The molecular weight excluding hydrogens is 292 g/mol. The molecule has 0 aliphatic rings. The summed E-state index contributed by atoms with van der Waals surface area (Å²) in [5.74, 6) is -0.791. The summed E-state index contributed by atoms with van der Waals surface area (Å²) < 4.78 is 28.5. The fourth-order valence-electron chi connectivity index (χ4n) is 1.89. The third-order valence-electron chi connectivity index (χ3n) is 3.17. The molecule has 0 saturated heterocycles. The molecule has 1 aromatic carbocycles. The quantitative estimate of drug-likeness (QED) is 0.816. The van der Waals surface area contributed by atoms with Gasteiger partial charge in [0.25, 0.3) is 0 Å². The highest BCUT2D eigenvalue weighted by Gasteiger charge is 2.38. The fourth-order valence-corrected chi connectivity index (χ4v) is 3.24. The first-order valence-electron chi connectivity index (χ1n) is 6.14. The minimum atomic E-state index is -3.92. The van der Waals surface area contributed by atoms with Crippen molar-refractivity contribution in [1.29, 1.82) is 0 Å². The second kappa shape index (κ2) is 5.30. The first-order valence-corrected chi connectivity index (χ1v) is 7.62. The van der Waals surface area contributed by atoms with Crippen molar-refractivity contribution in [2.24, 2.45) is 12.8 Å². The standard InChI is InChI=1S/C13H16N4O3S/c1-13(12(14)18,10-6-4-3-5-7-10)16-21(19,20)11-8-15-17(2)9-11/h3-9,16H,1-2H3,(H2,14,18). The van der Waals surface area contributed by atoms with Crippen molar-refractivity contribution in [1.82, 2.24) is 14.5 Å². The molecule has 0 saturated carbocycles. The molecule has 7 nitrogen and oxygen atoms in total. The molecule has 1 heterocycles. The van der Waals surface area contributed by atoms with Crippen LogP contribution in [0.3, 0.4) is 0 Å². The van der Waals surface area contributed by atoms with Crippen molar-refractivity contribution >= 4 is 15.9 Å². The third kappa shape index (κ3) is 2.96. The maximum absolute atomic E-state index is 12.4. The number of rotatable bonds is 5. The summed E-state index contributed by atoms with van der Waals surface area (Å²) in [7, 11) is -2.32. The van der Waals surface area contributed by atoms with Crippen LogP contribution in [0.25, 0.3) is 0 Å². The molecule has 2 aromatic rings. The Morgan fingerprint density at radius 1 is 1.33 bits per heavy atom. The Morgan fingerprint density at radius 2 is 1.95 bits per heavy atom. The van der Waals surface area contributed by atoms with E-state index in [9.17, 15) is 13.2 Å². The molecule has 0 fully saturated rings. The van der Waals surface area contributed by atoms with Crippen LogP contribution in [0.1, 0.15) is 12.5 Å². The van der Waals surface area contributed by atoms with Crippen molar-refractivity contribution in [2.75, 3.05) is 0 Å². The zero-order valence-electron chi connectivity index (χ0n) is 11.6. The smallest absolute Gasteiger partial charge is 0.244 e. The van der Waals surface area contributed by atoms with E-state index >= 15 is 0 Å². The van der Waals surface area contributed by atoms with Gasteiger partial charge in [-0.1, -0.05) is 30.3 Å². The van der Waals surface area contributed by atoms with E-state index in [2.05, 4.69) is 9.82 Å². The molecule has 0 spiro atoms. The number of amides is 1. The number of aromatic nitrogens is 2. The normalized spacial score (nSPS) is 14.6. The number of nitrogens with two attached hydrogens (primary N) is 1. The number of nitrogens with zero attached hydrogens (tertiary/aromatic N) is 2. The lowest BCUT2D eigenvalue weighted by Gasteiger charge is -2.27. The van der Waals surface area contributed by atoms with Crippen molar-refractivity contribution in [3.8, 4) is 0 Å². The summed E-state index contributed by atoms with van der Waals surface area (Å²) >= 11 is 0. The van der Waals surface area contributed by atoms with Gasteiger partial charge in [-0.25, -0.2) is 8.42 Å². The number of nitrogens with one attached hydrogen (secondary N) is 1. The second-order valence-electron chi connectivity index (χ2n) is 4.81. The Balaban J connectivity index is 2.44. The van der Waals surface area contributed by atoms with Crippen LogP contribution in [0.2, 0.25) is 0 Å². The van der Waals surface area contributed by atoms with Crippen LogP contribution in [-0.4, -0.2) is 24.1 Å². The van der Waals surface area contributed by atoms with E-state index in [1.807, 2.05) is 0 Å². The van der Waals surface area contributed by atoms with E-state index in [1.54, 1.807) is 37.4 Å². The second-order valence-corrected chi connectivity index (χ2v) is 6.49. The maximum Gasteiger partial charge on any atom is 0.244 e. The van der Waals surface area contributed by atoms with Crippen LogP contribution < -0.4 is 10.5 Å². The molecular formula is C13H16N4O3S. The molecule has 0 aliphatic carbocycles. The minimum absolute atomic E-state index is 0.0339. The Hall–Kier alpha value is -2.19. The van der Waals surface area contributed by atoms with Gasteiger partial charge < -0.3 is 5.73 Å². The van der Waals surface area contributed by atoms with E-state index in [4.69, 9.17) is 5.73 Å². The van der Waals surface area contributed by atoms with Gasteiger partial charge in [0.1, 0.15) is 10.4 Å². The summed E-state index contributed by atoms with van der Waals surface area (Å²) in [6, 6.07) is 8.44. The summed E-state index contributed by atoms with van der Waals surface area (Å²) in [5.41, 5.74) is 4.32. The van der Waals surface area contributed by atoms with Crippen molar-refractivity contribution in [2.45, 2.75) is 17.4 Å². The number of hydrogen-bond acceptors (Lipinski definition) is 4. The van der Waals surface area contributed by atoms with E-state index in [0.717, 1.165) is 0 Å². The molecule has 0 bridgehead atoms. The van der Waals surface area contributed by atoms with Crippen LogP contribution >= 0.6 is 0 Å². The summed E-state index contributed by atoms with van der Waals surface area (Å²) in [5, 5.41) is 3.81. The highest BCUT2D eigenvalue weighted by Crippen LogP contribution is 2.23. The number of sulfonamides is 1. The van der Waals surface area contributed by atoms with Crippen LogP contribution in [0.15, 0.2) is 47.6 Å². The molecule has 1 amide bonds. The van der Waals surface area contributed by atoms with Gasteiger partial charge in [0, 0.05) is 13.2 Å². The first-order chi connectivity index (χ1) is 9.75. The van der Waals surface area contributed by atoms with Crippen molar-refractivity contribution in [3.05, 3.63) is 48.3 Å². The zero-order chi connectivity index (χ0) is 15.7. The number of benzene rings is 1. The zero-order valence-corrected chi connectivity index (χ0v) is 12.5. The maximum atomic E-state index is 12.4. The summed E-state index contributed by atoms with van der Waals surface area (Å²) in [4.78, 5) is 11.8. The van der Waals surface area contributed by atoms with E-state index in [-0.39, 0.29) is 4.90 Å². The largest absolute Gasteiger partial charge is 0.368 e. The molecule has 0 radical (unpaired) electrons. The van der Waals surface area contributed by atoms with Crippen LogP contribution in [0.5, 0.6) is 0 Å². The predicted octanol–water partition coefficient (Wildman–Crippen LogP) is 0.0991. The highest BCUT2D eigenvalue weighted by atomic mass is 32.2. The molecule has 112 valence electrons. The van der Waals surface area contributed by atoms with Gasteiger partial charge >= 0.3 is 0 Å². The van der Waals surface area contributed by atoms with Gasteiger partial charge in [-0.3, -0.25) is 9.48 Å². The number of hydrogen-bond donors (Lipinski definition) is 2. The molecule has 1 unspecified atom stereocenters. The van der Waals surface area contributed by atoms with Crippen LogP contribution in [0.4, 0.5) is 0 Å². The van der Waals surface area contributed by atoms with Crippen molar-refractivity contribution < 1.29 is 13.2 Å². The number of carbonyl (C=O) groups is 1. The van der Waals surface area contributed by atoms with Gasteiger partial charge in [0.15, 0.2) is 0 Å². The van der Waals surface area contributed by atoms with Gasteiger partial charge in [0.2, 0.25) is 15.9 Å². The minimum Gasteiger partial charge on any atom is -0.368 e. The topological polar surface area (TPSA) is 107 Å². The lowest BCUT2D eigenvalue weighted by atomic mass is 9.93. The summed E-state index contributed by atoms with van der Waals surface area (Å²) in [6.07, 6.45) is 2.55. The number of carbonyl (C=O) groups excluding carboxylic acids is 1. The molecule has 1 aromatic heterocycles. The van der Waals surface area contributed by atoms with Gasteiger partial charge in [-0.15, -0.1) is 0 Å². The number of aryl methyl sites for hydroxylation is 1. The highest BCUT2D eigenvalue weighted by molar-refractivity contribution is 7.89. The Bertz CT molecular complexity index is 755. The van der Waals surface area contributed by atoms with Crippen molar-refractivity contribution in [3.63, 3.8) is 0 Å². The molecule has 2 rings (SSSR count). The van der Waals surface area contributed by atoms with Crippen LogP contribution in [-0.2, 0) is 27.4 Å². The SMILES string of the molecule is Cn1cc(S(=O)(=O)NC(C)(C(N)=O)c2ccccc2)cn1. The lowest BCUT2D eigenvalue weighted by molar-refractivity contribution is -0.123. The van der Waals surface area contributed by atoms with Gasteiger partial charge in [0.05, 0.1) is 6.20 Å². The van der Waals surface area contributed by atoms with E-state index in [1.165, 1.54) is 24.0 Å². The Kier molecular flexibility index (Phi) is 3.84. The third-order valence-corrected chi connectivity index (χ3v) is 4.68. The average molecular weight is 308 g/mol. The molecule has 0 aliphatic heterocycles. The van der Waals surface area contributed by atoms with E-state index < -0.39 is 21.5 Å². The average Bonchev–Trinajstić information content (AvgIpc) is 2.86. The Labute approximate surface area is 122 Å². The van der Waals surface area contributed by atoms with Gasteiger partial charge in [-0.2, -0.15) is 9.82 Å². The van der Waals surface area contributed by atoms with E-state index in [0.29, 0.717) is 5.56 Å². The Morgan fingerprint density at radius 3 is 2.43 bits per heavy atom. The monoisotopic (exact) mass is 308 g/mol.